The zero-order valence-corrected chi connectivity index (χ0v) is 13.1. The number of hydrogen-bond acceptors (Lipinski definition) is 4. The molecule has 1 fully saturated rings. The summed E-state index contributed by atoms with van der Waals surface area (Å²) in [5, 5.41) is 5.43. The molecule has 0 heterocycles. The van der Waals surface area contributed by atoms with E-state index in [4.69, 9.17) is 0 Å². The second-order valence-corrected chi connectivity index (χ2v) is 5.79. The minimum Gasteiger partial charge on any atom is -0.468 e. The van der Waals surface area contributed by atoms with Gasteiger partial charge >= 0.3 is 5.97 Å². The van der Waals surface area contributed by atoms with Crippen LogP contribution in [0, 0.1) is 11.8 Å². The summed E-state index contributed by atoms with van der Waals surface area (Å²) in [6.07, 6.45) is 3.58. The highest BCUT2D eigenvalue weighted by Gasteiger charge is 2.28. The van der Waals surface area contributed by atoms with Crippen LogP contribution in [-0.2, 0) is 19.1 Å². The minimum atomic E-state index is -0.502. The van der Waals surface area contributed by atoms with Crippen molar-refractivity contribution in [2.24, 2.45) is 11.8 Å². The summed E-state index contributed by atoms with van der Waals surface area (Å²) >= 11 is 0. The van der Waals surface area contributed by atoms with Crippen molar-refractivity contribution in [3.63, 3.8) is 0 Å². The van der Waals surface area contributed by atoms with Gasteiger partial charge in [-0.1, -0.05) is 26.7 Å². The lowest BCUT2D eigenvalue weighted by atomic mass is 9.78. The first-order chi connectivity index (χ1) is 9.93. The topological polar surface area (TPSA) is 84.5 Å². The van der Waals surface area contributed by atoms with Crippen molar-refractivity contribution in [1.82, 2.24) is 10.6 Å². The highest BCUT2D eigenvalue weighted by molar-refractivity contribution is 5.86. The number of rotatable bonds is 6. The van der Waals surface area contributed by atoms with Gasteiger partial charge in [0, 0.05) is 18.9 Å². The van der Waals surface area contributed by atoms with Gasteiger partial charge in [-0.2, -0.15) is 0 Å². The average Bonchev–Trinajstić information content (AvgIpc) is 2.47. The molecule has 2 amide bonds. The van der Waals surface area contributed by atoms with Crippen LogP contribution in [0.3, 0.4) is 0 Å². The highest BCUT2D eigenvalue weighted by atomic mass is 16.5. The van der Waals surface area contributed by atoms with Gasteiger partial charge in [0.25, 0.3) is 0 Å². The minimum absolute atomic E-state index is 0.0828. The Bertz CT molecular complexity index is 384. The Kier molecular flexibility index (Phi) is 7.19. The molecule has 0 unspecified atom stereocenters. The Balaban J connectivity index is 2.24. The first-order valence-electron chi connectivity index (χ1n) is 7.57. The summed E-state index contributed by atoms with van der Waals surface area (Å²) in [5.41, 5.74) is 0. The van der Waals surface area contributed by atoms with Gasteiger partial charge in [0.05, 0.1) is 7.11 Å². The Hall–Kier alpha value is -1.59. The predicted molar refractivity (Wildman–Crippen MR) is 78.4 cm³/mol. The molecular weight excluding hydrogens is 272 g/mol. The molecule has 6 heteroatoms. The van der Waals surface area contributed by atoms with Gasteiger partial charge in [-0.3, -0.25) is 14.4 Å². The van der Waals surface area contributed by atoms with E-state index in [-0.39, 0.29) is 37.2 Å². The summed E-state index contributed by atoms with van der Waals surface area (Å²) in [5.74, 6) is 0.163. The number of esters is 1. The van der Waals surface area contributed by atoms with Crippen molar-refractivity contribution in [1.29, 1.82) is 0 Å². The fraction of sp³-hybridized carbons (Fsp3) is 0.800. The molecule has 0 aromatic carbocycles. The standard InChI is InChI=1S/C15H26N2O4/c1-10-5-4-6-12(11(10)2)17-14(19)8-7-13(18)16-9-15(20)21-3/h10-12H,4-9H2,1-3H3,(H,16,18)(H,17,19)/t10-,11-,12-/m0/s1. The lowest BCUT2D eigenvalue weighted by molar-refractivity contribution is -0.141. The van der Waals surface area contributed by atoms with Crippen molar-refractivity contribution in [3.05, 3.63) is 0 Å². The van der Waals surface area contributed by atoms with E-state index in [1.807, 2.05) is 0 Å². The zero-order chi connectivity index (χ0) is 15.8. The summed E-state index contributed by atoms with van der Waals surface area (Å²) in [4.78, 5) is 34.2. The van der Waals surface area contributed by atoms with E-state index in [1.54, 1.807) is 0 Å². The van der Waals surface area contributed by atoms with Gasteiger partial charge < -0.3 is 15.4 Å². The molecular formula is C15H26N2O4. The summed E-state index contributed by atoms with van der Waals surface area (Å²) in [6.45, 7) is 4.22. The molecule has 1 rings (SSSR count). The van der Waals surface area contributed by atoms with E-state index < -0.39 is 5.97 Å². The molecule has 1 saturated carbocycles. The Morgan fingerprint density at radius 1 is 1.10 bits per heavy atom. The number of carbonyl (C=O) groups excluding carboxylic acids is 3. The number of methoxy groups -OCH3 is 1. The monoisotopic (exact) mass is 298 g/mol. The molecule has 0 aliphatic heterocycles. The van der Waals surface area contributed by atoms with Gasteiger partial charge in [0.1, 0.15) is 6.54 Å². The van der Waals surface area contributed by atoms with Gasteiger partial charge in [-0.25, -0.2) is 0 Å². The van der Waals surface area contributed by atoms with Crippen molar-refractivity contribution in [2.45, 2.75) is 52.0 Å². The number of amides is 2. The maximum Gasteiger partial charge on any atom is 0.325 e. The molecule has 1 aliphatic carbocycles. The highest BCUT2D eigenvalue weighted by Crippen LogP contribution is 2.29. The van der Waals surface area contributed by atoms with Crippen molar-refractivity contribution >= 4 is 17.8 Å². The van der Waals surface area contributed by atoms with Crippen LogP contribution in [0.25, 0.3) is 0 Å². The molecule has 0 aromatic rings. The Morgan fingerprint density at radius 3 is 2.43 bits per heavy atom. The summed E-state index contributed by atoms with van der Waals surface area (Å²) in [6, 6.07) is 0.208. The molecule has 21 heavy (non-hydrogen) atoms. The predicted octanol–water partition coefficient (Wildman–Crippen LogP) is 0.997. The second-order valence-electron chi connectivity index (χ2n) is 5.79. The van der Waals surface area contributed by atoms with Crippen LogP contribution in [0.2, 0.25) is 0 Å². The van der Waals surface area contributed by atoms with Crippen LogP contribution in [0.15, 0.2) is 0 Å². The van der Waals surface area contributed by atoms with Crippen molar-refractivity contribution in [2.75, 3.05) is 13.7 Å². The molecule has 0 bridgehead atoms. The van der Waals surface area contributed by atoms with Crippen LogP contribution in [0.5, 0.6) is 0 Å². The van der Waals surface area contributed by atoms with Gasteiger partial charge in [-0.05, 0) is 18.3 Å². The second kappa shape index (κ2) is 8.64. The summed E-state index contributed by atoms with van der Waals surface area (Å²) in [7, 11) is 1.26. The lowest BCUT2D eigenvalue weighted by Gasteiger charge is -2.34. The molecule has 0 aromatic heterocycles. The number of carbonyl (C=O) groups is 3. The largest absolute Gasteiger partial charge is 0.468 e. The Morgan fingerprint density at radius 2 is 1.76 bits per heavy atom. The van der Waals surface area contributed by atoms with E-state index in [1.165, 1.54) is 13.5 Å². The first-order valence-corrected chi connectivity index (χ1v) is 7.57. The molecule has 3 atom stereocenters. The number of ether oxygens (including phenoxy) is 1. The zero-order valence-electron chi connectivity index (χ0n) is 13.1. The average molecular weight is 298 g/mol. The van der Waals surface area contributed by atoms with E-state index in [0.29, 0.717) is 11.8 Å². The fourth-order valence-electron chi connectivity index (χ4n) is 2.62. The van der Waals surface area contributed by atoms with E-state index >= 15 is 0 Å². The number of hydrogen-bond donors (Lipinski definition) is 2. The van der Waals surface area contributed by atoms with Gasteiger partial charge in [-0.15, -0.1) is 0 Å². The lowest BCUT2D eigenvalue weighted by Crippen LogP contribution is -2.44. The van der Waals surface area contributed by atoms with E-state index in [0.717, 1.165) is 12.8 Å². The molecule has 0 radical (unpaired) electrons. The van der Waals surface area contributed by atoms with Crippen LogP contribution >= 0.6 is 0 Å². The van der Waals surface area contributed by atoms with Crippen LogP contribution in [0.1, 0.15) is 46.0 Å². The summed E-state index contributed by atoms with van der Waals surface area (Å²) < 4.78 is 4.42. The molecule has 0 saturated heterocycles. The van der Waals surface area contributed by atoms with E-state index in [2.05, 4.69) is 29.2 Å². The van der Waals surface area contributed by atoms with Crippen molar-refractivity contribution in [3.8, 4) is 0 Å². The molecule has 0 spiro atoms. The third-order valence-corrected chi connectivity index (χ3v) is 4.29. The molecule has 120 valence electrons. The Labute approximate surface area is 126 Å². The normalized spacial score (nSPS) is 25.0. The maximum absolute atomic E-state index is 11.9. The number of nitrogens with one attached hydrogen (secondary N) is 2. The molecule has 6 nitrogen and oxygen atoms in total. The fourth-order valence-corrected chi connectivity index (χ4v) is 2.62. The van der Waals surface area contributed by atoms with E-state index in [9.17, 15) is 14.4 Å². The third kappa shape index (κ3) is 6.14. The van der Waals surface area contributed by atoms with Crippen molar-refractivity contribution < 1.29 is 19.1 Å². The van der Waals surface area contributed by atoms with Crippen LogP contribution in [-0.4, -0.2) is 37.5 Å². The SMILES string of the molecule is COC(=O)CNC(=O)CCC(=O)N[C@H]1CCC[C@H](C)[C@@H]1C. The molecule has 2 N–H and O–H groups in total. The van der Waals surface area contributed by atoms with Crippen LogP contribution in [0.4, 0.5) is 0 Å². The smallest absolute Gasteiger partial charge is 0.325 e. The quantitative estimate of drug-likeness (QED) is 0.716. The molecule has 1 aliphatic rings. The third-order valence-electron chi connectivity index (χ3n) is 4.29. The van der Waals surface area contributed by atoms with Crippen LogP contribution < -0.4 is 10.6 Å². The first kappa shape index (κ1) is 17.5. The van der Waals surface area contributed by atoms with Gasteiger partial charge in [0.15, 0.2) is 0 Å². The van der Waals surface area contributed by atoms with Gasteiger partial charge in [0.2, 0.25) is 11.8 Å². The maximum atomic E-state index is 11.9.